The van der Waals surface area contributed by atoms with E-state index < -0.39 is 0 Å². The molecule has 1 aliphatic rings. The first-order valence-electron chi connectivity index (χ1n) is 10.8. The molecule has 0 bridgehead atoms. The molecule has 0 aliphatic carbocycles. The number of amides is 1. The summed E-state index contributed by atoms with van der Waals surface area (Å²) >= 11 is 0. The Hall–Kier alpha value is -3.61. The largest absolute Gasteiger partial charge is 0.497 e. The fourth-order valence-corrected chi connectivity index (χ4v) is 3.94. The highest BCUT2D eigenvalue weighted by atomic mass is 16.5. The summed E-state index contributed by atoms with van der Waals surface area (Å²) in [5, 5.41) is 11.9. The minimum Gasteiger partial charge on any atom is -0.497 e. The Labute approximate surface area is 188 Å². The number of ether oxygens (including phenoxy) is 2. The molecule has 3 aromatic rings. The van der Waals surface area contributed by atoms with Crippen molar-refractivity contribution in [3.8, 4) is 22.8 Å². The van der Waals surface area contributed by atoms with Gasteiger partial charge in [0.1, 0.15) is 11.5 Å². The van der Waals surface area contributed by atoms with Crippen molar-refractivity contribution in [3.63, 3.8) is 0 Å². The van der Waals surface area contributed by atoms with Crippen LogP contribution >= 0.6 is 0 Å². The van der Waals surface area contributed by atoms with E-state index >= 15 is 0 Å². The van der Waals surface area contributed by atoms with Crippen molar-refractivity contribution in [1.29, 1.82) is 0 Å². The number of rotatable bonds is 7. The van der Waals surface area contributed by atoms with E-state index in [1.54, 1.807) is 14.2 Å². The normalized spacial score (nSPS) is 14.1. The van der Waals surface area contributed by atoms with Crippen molar-refractivity contribution in [1.82, 2.24) is 15.5 Å². The third-order valence-corrected chi connectivity index (χ3v) is 5.85. The van der Waals surface area contributed by atoms with Crippen LogP contribution in [0.5, 0.6) is 11.5 Å². The molecule has 0 atom stereocenters. The number of piperidine rings is 1. The average Bonchev–Trinajstić information content (AvgIpc) is 2.87. The summed E-state index contributed by atoms with van der Waals surface area (Å²) in [6.45, 7) is 2.09. The fraction of sp³-hybridized carbons (Fsp3) is 0.320. The molecule has 32 heavy (non-hydrogen) atoms. The van der Waals surface area contributed by atoms with Crippen LogP contribution in [-0.2, 0) is 11.3 Å². The molecule has 2 heterocycles. The molecule has 166 valence electrons. The number of hydrogen-bond acceptors (Lipinski definition) is 6. The molecule has 1 N–H and O–H groups in total. The zero-order chi connectivity index (χ0) is 22.3. The van der Waals surface area contributed by atoms with Gasteiger partial charge in [-0.25, -0.2) is 0 Å². The zero-order valence-electron chi connectivity index (χ0n) is 18.5. The molecule has 1 aromatic heterocycles. The molecule has 4 rings (SSSR count). The van der Waals surface area contributed by atoms with E-state index in [1.807, 2.05) is 60.7 Å². The first-order chi connectivity index (χ1) is 15.7. The van der Waals surface area contributed by atoms with E-state index in [9.17, 15) is 4.79 Å². The lowest BCUT2D eigenvalue weighted by Crippen LogP contribution is -2.40. The number of benzene rings is 2. The quantitative estimate of drug-likeness (QED) is 0.614. The lowest BCUT2D eigenvalue weighted by Gasteiger charge is -2.31. The van der Waals surface area contributed by atoms with E-state index in [4.69, 9.17) is 9.47 Å². The van der Waals surface area contributed by atoms with Crippen LogP contribution in [0, 0.1) is 5.92 Å². The zero-order valence-corrected chi connectivity index (χ0v) is 18.5. The maximum atomic E-state index is 12.6. The van der Waals surface area contributed by atoms with Crippen molar-refractivity contribution < 1.29 is 14.3 Å². The highest BCUT2D eigenvalue weighted by Crippen LogP contribution is 2.29. The molecule has 7 heteroatoms. The van der Waals surface area contributed by atoms with Crippen molar-refractivity contribution in [2.45, 2.75) is 19.4 Å². The standard InChI is InChI=1S/C25H28N4O3/c1-31-20-9-7-18(8-10-20)17-26-25(30)19-13-15-29(16-14-19)24-12-11-22(27-28-24)21-5-3-4-6-23(21)32-2/h3-12,19H,13-17H2,1-2H3,(H,26,30). The minimum absolute atomic E-state index is 0.0188. The van der Waals surface area contributed by atoms with Crippen molar-refractivity contribution in [2.75, 3.05) is 32.2 Å². The number of carbonyl (C=O) groups is 1. The number of hydrogen-bond donors (Lipinski definition) is 1. The van der Waals surface area contributed by atoms with Gasteiger partial charge in [0.25, 0.3) is 0 Å². The third kappa shape index (κ3) is 4.99. The number of nitrogens with one attached hydrogen (secondary N) is 1. The molecule has 0 saturated carbocycles. The van der Waals surface area contributed by atoms with Crippen molar-refractivity contribution in [2.24, 2.45) is 5.92 Å². The van der Waals surface area contributed by atoms with Crippen LogP contribution in [0.25, 0.3) is 11.3 Å². The van der Waals surface area contributed by atoms with Crippen LogP contribution in [0.2, 0.25) is 0 Å². The van der Waals surface area contributed by atoms with Crippen LogP contribution < -0.4 is 19.7 Å². The topological polar surface area (TPSA) is 76.6 Å². The molecule has 0 spiro atoms. The van der Waals surface area contributed by atoms with E-state index in [0.717, 1.165) is 60.1 Å². The predicted octanol–water partition coefficient (Wildman–Crippen LogP) is 3.69. The van der Waals surface area contributed by atoms with Crippen LogP contribution in [0.4, 0.5) is 5.82 Å². The van der Waals surface area contributed by atoms with Gasteiger partial charge in [-0.05, 0) is 54.8 Å². The number of nitrogens with zero attached hydrogens (tertiary/aromatic N) is 3. The molecule has 7 nitrogen and oxygen atoms in total. The van der Waals surface area contributed by atoms with E-state index in [1.165, 1.54) is 0 Å². The Morgan fingerprint density at radius 2 is 1.72 bits per heavy atom. The number of methoxy groups -OCH3 is 2. The maximum absolute atomic E-state index is 12.6. The lowest BCUT2D eigenvalue weighted by atomic mass is 9.96. The Bertz CT molecular complexity index is 1030. The van der Waals surface area contributed by atoms with Crippen LogP contribution in [0.3, 0.4) is 0 Å². The monoisotopic (exact) mass is 432 g/mol. The highest BCUT2D eigenvalue weighted by molar-refractivity contribution is 5.79. The molecule has 1 aliphatic heterocycles. The molecule has 0 radical (unpaired) electrons. The first kappa shape index (κ1) is 21.6. The SMILES string of the molecule is COc1ccc(CNC(=O)C2CCN(c3ccc(-c4ccccc4OC)nn3)CC2)cc1. The van der Waals surface area contributed by atoms with Crippen LogP contribution in [0.15, 0.2) is 60.7 Å². The van der Waals surface area contributed by atoms with Gasteiger partial charge in [-0.1, -0.05) is 24.3 Å². The number of carbonyl (C=O) groups excluding carboxylic acids is 1. The van der Waals surface area contributed by atoms with Gasteiger partial charge in [-0.2, -0.15) is 0 Å². The summed E-state index contributed by atoms with van der Waals surface area (Å²) in [6, 6.07) is 19.5. The average molecular weight is 433 g/mol. The molecule has 1 amide bonds. The fourth-order valence-electron chi connectivity index (χ4n) is 3.94. The number of para-hydroxylation sites is 1. The number of aromatic nitrogens is 2. The van der Waals surface area contributed by atoms with Gasteiger partial charge in [0.2, 0.25) is 5.91 Å². The summed E-state index contributed by atoms with van der Waals surface area (Å²) in [5.41, 5.74) is 2.75. The van der Waals surface area contributed by atoms with Gasteiger partial charge < -0.3 is 19.7 Å². The van der Waals surface area contributed by atoms with Gasteiger partial charge in [-0.15, -0.1) is 10.2 Å². The Balaban J connectivity index is 1.29. The Morgan fingerprint density at radius 1 is 0.969 bits per heavy atom. The van der Waals surface area contributed by atoms with Crippen LogP contribution in [-0.4, -0.2) is 43.4 Å². The summed E-state index contributed by atoms with van der Waals surface area (Å²) < 4.78 is 10.6. The van der Waals surface area contributed by atoms with Gasteiger partial charge in [0.15, 0.2) is 5.82 Å². The second-order valence-corrected chi connectivity index (χ2v) is 7.80. The first-order valence-corrected chi connectivity index (χ1v) is 10.8. The van der Waals surface area contributed by atoms with Crippen LogP contribution in [0.1, 0.15) is 18.4 Å². The second kappa shape index (κ2) is 10.1. The van der Waals surface area contributed by atoms with Gasteiger partial charge >= 0.3 is 0 Å². The highest BCUT2D eigenvalue weighted by Gasteiger charge is 2.25. The van der Waals surface area contributed by atoms with Gasteiger partial charge in [0.05, 0.1) is 19.9 Å². The second-order valence-electron chi connectivity index (χ2n) is 7.80. The minimum atomic E-state index is 0.0188. The summed E-state index contributed by atoms with van der Waals surface area (Å²) in [7, 11) is 3.29. The molecule has 0 unspecified atom stereocenters. The summed E-state index contributed by atoms with van der Waals surface area (Å²) in [6.07, 6.45) is 1.59. The van der Waals surface area contributed by atoms with Gasteiger partial charge in [0, 0.05) is 31.1 Å². The number of anilines is 1. The molecule has 2 aromatic carbocycles. The predicted molar refractivity (Wildman–Crippen MR) is 124 cm³/mol. The summed E-state index contributed by atoms with van der Waals surface area (Å²) in [4.78, 5) is 14.8. The Morgan fingerprint density at radius 3 is 2.38 bits per heavy atom. The maximum Gasteiger partial charge on any atom is 0.223 e. The van der Waals surface area contributed by atoms with E-state index in [2.05, 4.69) is 20.4 Å². The van der Waals surface area contributed by atoms with Crippen molar-refractivity contribution >= 4 is 11.7 Å². The van der Waals surface area contributed by atoms with Gasteiger partial charge in [-0.3, -0.25) is 4.79 Å². The molecular weight excluding hydrogens is 404 g/mol. The summed E-state index contributed by atoms with van der Waals surface area (Å²) in [5.74, 6) is 2.55. The lowest BCUT2D eigenvalue weighted by molar-refractivity contribution is -0.125. The Kier molecular flexibility index (Phi) is 6.84. The third-order valence-electron chi connectivity index (χ3n) is 5.85. The van der Waals surface area contributed by atoms with Crippen molar-refractivity contribution in [3.05, 3.63) is 66.2 Å². The van der Waals surface area contributed by atoms with E-state index in [-0.39, 0.29) is 11.8 Å². The molecule has 1 saturated heterocycles. The van der Waals surface area contributed by atoms with E-state index in [0.29, 0.717) is 6.54 Å². The molecular formula is C25H28N4O3. The molecule has 1 fully saturated rings. The smallest absolute Gasteiger partial charge is 0.223 e.